The van der Waals surface area contributed by atoms with Crippen LogP contribution in [0.15, 0.2) is 24.3 Å². The Bertz CT molecular complexity index is 541. The Balaban J connectivity index is 1.38. The molecule has 4 heteroatoms. The van der Waals surface area contributed by atoms with Gasteiger partial charge in [-0.25, -0.2) is 0 Å². The summed E-state index contributed by atoms with van der Waals surface area (Å²) in [7, 11) is 0. The van der Waals surface area contributed by atoms with E-state index in [4.69, 9.17) is 0 Å². The summed E-state index contributed by atoms with van der Waals surface area (Å²) in [5.41, 5.74) is 2.17. The molecule has 2 aliphatic rings. The molecule has 0 unspecified atom stereocenters. The molecule has 26 heavy (non-hydrogen) atoms. The summed E-state index contributed by atoms with van der Waals surface area (Å²) in [6, 6.07) is 8.94. The zero-order valence-corrected chi connectivity index (χ0v) is 16.3. The van der Waals surface area contributed by atoms with Gasteiger partial charge in [0.1, 0.15) is 0 Å². The number of hydrogen-bond donors (Lipinski definition) is 2. The van der Waals surface area contributed by atoms with E-state index >= 15 is 0 Å². The van der Waals surface area contributed by atoms with E-state index in [1.54, 1.807) is 0 Å². The minimum atomic E-state index is 0.102. The molecule has 1 amide bonds. The molecule has 0 aromatic heterocycles. The minimum Gasteiger partial charge on any atom is -0.372 e. The first-order valence-electron chi connectivity index (χ1n) is 10.6. The molecule has 1 aromatic rings. The summed E-state index contributed by atoms with van der Waals surface area (Å²) >= 11 is 0. The lowest BCUT2D eigenvalue weighted by Gasteiger charge is -2.32. The fourth-order valence-electron chi connectivity index (χ4n) is 4.12. The van der Waals surface area contributed by atoms with E-state index in [-0.39, 0.29) is 5.91 Å². The van der Waals surface area contributed by atoms with Gasteiger partial charge in [0.05, 0.1) is 0 Å². The number of hydrogen-bond acceptors (Lipinski definition) is 3. The van der Waals surface area contributed by atoms with Gasteiger partial charge in [-0.05, 0) is 55.9 Å². The first kappa shape index (κ1) is 19.2. The van der Waals surface area contributed by atoms with E-state index < -0.39 is 0 Å². The average molecular weight is 358 g/mol. The fraction of sp³-hybridized carbons (Fsp3) is 0.682. The summed E-state index contributed by atoms with van der Waals surface area (Å²) in [6.45, 7) is 5.39. The number of rotatable bonds is 6. The normalized spacial score (nSPS) is 20.0. The van der Waals surface area contributed by atoms with Gasteiger partial charge >= 0.3 is 0 Å². The van der Waals surface area contributed by atoms with Crippen LogP contribution in [0.25, 0.3) is 0 Å². The zero-order valence-electron chi connectivity index (χ0n) is 16.3. The number of benzene rings is 1. The van der Waals surface area contributed by atoms with Crippen LogP contribution in [-0.4, -0.2) is 31.6 Å². The van der Waals surface area contributed by atoms with Crippen LogP contribution in [0.3, 0.4) is 0 Å². The molecule has 3 rings (SSSR count). The summed E-state index contributed by atoms with van der Waals surface area (Å²) < 4.78 is 0. The maximum absolute atomic E-state index is 12.2. The Labute approximate surface area is 158 Å². The molecule has 1 heterocycles. The summed E-state index contributed by atoms with van der Waals surface area (Å²) in [5.74, 6) is 0.946. The molecular formula is C22H35N3O. The predicted molar refractivity (Wildman–Crippen MR) is 110 cm³/mol. The molecular weight excluding hydrogens is 322 g/mol. The fourth-order valence-corrected chi connectivity index (χ4v) is 4.12. The lowest BCUT2D eigenvalue weighted by Crippen LogP contribution is -2.32. The number of amides is 1. The molecule has 2 fully saturated rings. The molecule has 0 radical (unpaired) electrons. The lowest BCUT2D eigenvalue weighted by atomic mass is 9.99. The highest BCUT2D eigenvalue weighted by Crippen LogP contribution is 2.24. The number of nitrogens with zero attached hydrogens (tertiary/aromatic N) is 1. The van der Waals surface area contributed by atoms with Crippen LogP contribution in [0, 0.1) is 5.92 Å². The molecule has 0 bridgehead atoms. The quantitative estimate of drug-likeness (QED) is 0.733. The third kappa shape index (κ3) is 6.01. The van der Waals surface area contributed by atoms with Crippen molar-refractivity contribution < 1.29 is 4.79 Å². The Kier molecular flexibility index (Phi) is 7.36. The third-order valence-corrected chi connectivity index (χ3v) is 5.94. The van der Waals surface area contributed by atoms with Gasteiger partial charge in [0.2, 0.25) is 5.91 Å². The predicted octanol–water partition coefficient (Wildman–Crippen LogP) is 4.56. The van der Waals surface area contributed by atoms with Crippen molar-refractivity contribution in [3.05, 3.63) is 24.3 Å². The molecule has 2 N–H and O–H groups in total. The van der Waals surface area contributed by atoms with Crippen LogP contribution in [0.1, 0.15) is 64.7 Å². The molecule has 1 aromatic carbocycles. The van der Waals surface area contributed by atoms with Gasteiger partial charge in [-0.1, -0.05) is 32.6 Å². The van der Waals surface area contributed by atoms with Gasteiger partial charge < -0.3 is 15.5 Å². The van der Waals surface area contributed by atoms with Crippen LogP contribution in [0.5, 0.6) is 0 Å². The van der Waals surface area contributed by atoms with E-state index in [1.807, 2.05) is 12.1 Å². The Hall–Kier alpha value is -1.55. The molecule has 4 nitrogen and oxygen atoms in total. The highest BCUT2D eigenvalue weighted by Gasteiger charge is 2.16. The minimum absolute atomic E-state index is 0.102. The maximum atomic E-state index is 12.2. The van der Waals surface area contributed by atoms with Crippen molar-refractivity contribution in [2.75, 3.05) is 29.9 Å². The Morgan fingerprint density at radius 2 is 1.65 bits per heavy atom. The molecule has 1 aliphatic carbocycles. The number of nitrogens with one attached hydrogen (secondary N) is 2. The molecule has 0 atom stereocenters. The van der Waals surface area contributed by atoms with Crippen molar-refractivity contribution in [1.82, 2.24) is 5.32 Å². The highest BCUT2D eigenvalue weighted by molar-refractivity contribution is 5.91. The van der Waals surface area contributed by atoms with Crippen LogP contribution >= 0.6 is 0 Å². The van der Waals surface area contributed by atoms with Crippen LogP contribution < -0.4 is 15.5 Å². The Morgan fingerprint density at radius 1 is 1.00 bits per heavy atom. The summed E-state index contributed by atoms with van der Waals surface area (Å²) in [6.07, 6.45) is 11.0. The van der Waals surface area contributed by atoms with Gasteiger partial charge in [0.25, 0.3) is 0 Å². The topological polar surface area (TPSA) is 44.4 Å². The summed E-state index contributed by atoms with van der Waals surface area (Å²) in [5, 5.41) is 6.60. The standard InChI is InChI=1S/C22H35N3O/c1-18-13-16-25(17-14-18)21-10-8-20(9-11-21)24-22(26)12-15-23-19-6-4-2-3-5-7-19/h8-11,18-19,23H,2-7,12-17H2,1H3,(H,24,26). The number of piperidine rings is 1. The van der Waals surface area contributed by atoms with Crippen molar-refractivity contribution in [2.45, 2.75) is 70.8 Å². The van der Waals surface area contributed by atoms with E-state index in [0.717, 1.165) is 31.2 Å². The van der Waals surface area contributed by atoms with Crippen molar-refractivity contribution in [2.24, 2.45) is 5.92 Å². The lowest BCUT2D eigenvalue weighted by molar-refractivity contribution is -0.116. The second-order valence-electron chi connectivity index (χ2n) is 8.16. The van der Waals surface area contributed by atoms with Crippen molar-refractivity contribution in [3.63, 3.8) is 0 Å². The van der Waals surface area contributed by atoms with E-state index in [9.17, 15) is 4.79 Å². The Morgan fingerprint density at radius 3 is 2.31 bits per heavy atom. The molecule has 144 valence electrons. The second kappa shape index (κ2) is 9.96. The van der Waals surface area contributed by atoms with Crippen LogP contribution in [-0.2, 0) is 4.79 Å². The first-order valence-corrected chi connectivity index (χ1v) is 10.6. The zero-order chi connectivity index (χ0) is 18.2. The highest BCUT2D eigenvalue weighted by atomic mass is 16.1. The average Bonchev–Trinajstić information content (AvgIpc) is 2.92. The van der Waals surface area contributed by atoms with Crippen LogP contribution in [0.2, 0.25) is 0 Å². The molecule has 0 spiro atoms. The SMILES string of the molecule is CC1CCN(c2ccc(NC(=O)CCNC3CCCCCC3)cc2)CC1. The molecule has 1 aliphatic heterocycles. The van der Waals surface area contributed by atoms with Crippen molar-refractivity contribution in [3.8, 4) is 0 Å². The first-order chi connectivity index (χ1) is 12.7. The molecule has 1 saturated carbocycles. The third-order valence-electron chi connectivity index (χ3n) is 5.94. The molecule has 1 saturated heterocycles. The van der Waals surface area contributed by atoms with Gasteiger partial charge in [0, 0.05) is 43.5 Å². The smallest absolute Gasteiger partial charge is 0.225 e. The largest absolute Gasteiger partial charge is 0.372 e. The van der Waals surface area contributed by atoms with Gasteiger partial charge in [0.15, 0.2) is 0 Å². The van der Waals surface area contributed by atoms with E-state index in [2.05, 4.69) is 34.6 Å². The summed E-state index contributed by atoms with van der Waals surface area (Å²) in [4.78, 5) is 14.6. The van der Waals surface area contributed by atoms with Crippen molar-refractivity contribution >= 4 is 17.3 Å². The van der Waals surface area contributed by atoms with Gasteiger partial charge in [-0.2, -0.15) is 0 Å². The van der Waals surface area contributed by atoms with E-state index in [1.165, 1.54) is 57.1 Å². The number of anilines is 2. The maximum Gasteiger partial charge on any atom is 0.225 e. The van der Waals surface area contributed by atoms with E-state index in [0.29, 0.717) is 12.5 Å². The monoisotopic (exact) mass is 357 g/mol. The van der Waals surface area contributed by atoms with Gasteiger partial charge in [-0.3, -0.25) is 4.79 Å². The van der Waals surface area contributed by atoms with Crippen molar-refractivity contribution in [1.29, 1.82) is 0 Å². The number of carbonyl (C=O) groups excluding carboxylic acids is 1. The van der Waals surface area contributed by atoms with Crippen LogP contribution in [0.4, 0.5) is 11.4 Å². The van der Waals surface area contributed by atoms with Gasteiger partial charge in [-0.15, -0.1) is 0 Å². The second-order valence-corrected chi connectivity index (χ2v) is 8.16. The number of carbonyl (C=O) groups is 1.